The van der Waals surface area contributed by atoms with E-state index in [9.17, 15) is 9.18 Å². The van der Waals surface area contributed by atoms with Crippen molar-refractivity contribution < 1.29 is 9.18 Å². The molecular weight excluding hydrogens is 347 g/mol. The van der Waals surface area contributed by atoms with Crippen molar-refractivity contribution in [3.63, 3.8) is 0 Å². The first kappa shape index (κ1) is 17.2. The maximum absolute atomic E-state index is 13.6. The summed E-state index contributed by atoms with van der Waals surface area (Å²) in [5, 5.41) is 3.00. The van der Waals surface area contributed by atoms with Crippen molar-refractivity contribution in [1.82, 2.24) is 10.2 Å². The first-order valence-electron chi connectivity index (χ1n) is 7.74. The smallest absolute Gasteiger partial charge is 0.244 e. The quantitative estimate of drug-likeness (QED) is 0.805. The molecule has 1 aliphatic rings. The summed E-state index contributed by atoms with van der Waals surface area (Å²) >= 11 is 3.30. The van der Waals surface area contributed by atoms with Crippen molar-refractivity contribution in [2.24, 2.45) is 0 Å². The largest absolute Gasteiger partial charge is 0.350 e. The van der Waals surface area contributed by atoms with E-state index in [1.54, 1.807) is 12.1 Å². The second-order valence-electron chi connectivity index (χ2n) is 5.62. The minimum Gasteiger partial charge on any atom is -0.350 e. The van der Waals surface area contributed by atoms with Crippen LogP contribution < -0.4 is 5.32 Å². The maximum Gasteiger partial charge on any atom is 0.244 e. The topological polar surface area (TPSA) is 32.3 Å². The molecule has 1 aromatic rings. The van der Waals surface area contributed by atoms with Crippen LogP contribution in [0.15, 0.2) is 28.7 Å². The van der Waals surface area contributed by atoms with Crippen LogP contribution in [0, 0.1) is 5.82 Å². The number of piperidine rings is 1. The standard InChI is InChI=1S/C17H22BrFN2O/c1-2-9-21-10-7-15(8-11-21)20-17(22)6-3-13-12-14(18)4-5-16(13)19/h3-6,12,15H,2,7-11H2,1H3,(H,20,22)/b6-3+. The van der Waals surface area contributed by atoms with Gasteiger partial charge in [-0.1, -0.05) is 22.9 Å². The third-order valence-electron chi connectivity index (χ3n) is 3.85. The molecule has 22 heavy (non-hydrogen) atoms. The molecule has 0 bridgehead atoms. The Bertz CT molecular complexity index is 539. The predicted octanol–water partition coefficient (Wildman–Crippen LogP) is 3.59. The average molecular weight is 369 g/mol. The Morgan fingerprint density at radius 2 is 2.18 bits per heavy atom. The molecule has 1 saturated heterocycles. The average Bonchev–Trinajstić information content (AvgIpc) is 2.50. The molecule has 2 rings (SSSR count). The number of hydrogen-bond acceptors (Lipinski definition) is 2. The van der Waals surface area contributed by atoms with Crippen molar-refractivity contribution in [3.05, 3.63) is 40.1 Å². The van der Waals surface area contributed by atoms with Gasteiger partial charge in [-0.3, -0.25) is 4.79 Å². The van der Waals surface area contributed by atoms with E-state index in [-0.39, 0.29) is 17.8 Å². The summed E-state index contributed by atoms with van der Waals surface area (Å²) in [6.07, 6.45) is 6.04. The fraction of sp³-hybridized carbons (Fsp3) is 0.471. The molecule has 0 unspecified atom stereocenters. The summed E-state index contributed by atoms with van der Waals surface area (Å²) in [5.74, 6) is -0.492. The molecule has 1 aliphatic heterocycles. The summed E-state index contributed by atoms with van der Waals surface area (Å²) in [6.45, 7) is 5.37. The summed E-state index contributed by atoms with van der Waals surface area (Å²) in [6, 6.07) is 4.89. The van der Waals surface area contributed by atoms with E-state index in [2.05, 4.69) is 33.1 Å². The van der Waals surface area contributed by atoms with Gasteiger partial charge in [-0.15, -0.1) is 0 Å². The number of benzene rings is 1. The molecule has 3 nitrogen and oxygen atoms in total. The number of rotatable bonds is 5. The Balaban J connectivity index is 1.83. The fourth-order valence-corrected chi connectivity index (χ4v) is 3.05. The van der Waals surface area contributed by atoms with Gasteiger partial charge >= 0.3 is 0 Å². The van der Waals surface area contributed by atoms with Crippen LogP contribution >= 0.6 is 15.9 Å². The zero-order valence-corrected chi connectivity index (χ0v) is 14.4. The highest BCUT2D eigenvalue weighted by molar-refractivity contribution is 9.10. The second kappa shape index (κ2) is 8.44. The van der Waals surface area contributed by atoms with E-state index in [0.717, 1.165) is 43.4 Å². The normalized spacial score (nSPS) is 17.0. The maximum atomic E-state index is 13.6. The van der Waals surface area contributed by atoms with Crippen molar-refractivity contribution >= 4 is 27.9 Å². The number of hydrogen-bond donors (Lipinski definition) is 1. The molecule has 0 atom stereocenters. The minimum absolute atomic E-state index is 0.159. The van der Waals surface area contributed by atoms with Gasteiger partial charge in [0.15, 0.2) is 0 Å². The molecular formula is C17H22BrFN2O. The number of amides is 1. The van der Waals surface area contributed by atoms with Crippen LogP contribution in [0.1, 0.15) is 31.7 Å². The van der Waals surface area contributed by atoms with E-state index in [1.165, 1.54) is 18.2 Å². The summed E-state index contributed by atoms with van der Waals surface area (Å²) in [4.78, 5) is 14.4. The van der Waals surface area contributed by atoms with Gasteiger partial charge in [0, 0.05) is 35.2 Å². The Morgan fingerprint density at radius 1 is 1.45 bits per heavy atom. The van der Waals surface area contributed by atoms with Crippen LogP contribution in [-0.2, 0) is 4.79 Å². The van der Waals surface area contributed by atoms with Crippen molar-refractivity contribution in [3.8, 4) is 0 Å². The molecule has 1 N–H and O–H groups in total. The van der Waals surface area contributed by atoms with Gasteiger partial charge in [0.25, 0.3) is 0 Å². The lowest BCUT2D eigenvalue weighted by molar-refractivity contribution is -0.117. The third-order valence-corrected chi connectivity index (χ3v) is 4.34. The summed E-state index contributed by atoms with van der Waals surface area (Å²) in [5.41, 5.74) is 0.405. The Labute approximate surface area is 139 Å². The molecule has 1 fully saturated rings. The van der Waals surface area contributed by atoms with Crippen LogP contribution in [0.25, 0.3) is 6.08 Å². The highest BCUT2D eigenvalue weighted by Gasteiger charge is 2.19. The number of likely N-dealkylation sites (tertiary alicyclic amines) is 1. The molecule has 0 radical (unpaired) electrons. The van der Waals surface area contributed by atoms with Crippen molar-refractivity contribution in [2.75, 3.05) is 19.6 Å². The lowest BCUT2D eigenvalue weighted by atomic mass is 10.0. The first-order chi connectivity index (χ1) is 10.6. The van der Waals surface area contributed by atoms with Crippen LogP contribution in [0.3, 0.4) is 0 Å². The molecule has 5 heteroatoms. The molecule has 0 spiro atoms. The van der Waals surface area contributed by atoms with Crippen molar-refractivity contribution in [2.45, 2.75) is 32.2 Å². The molecule has 1 heterocycles. The molecule has 1 amide bonds. The van der Waals surface area contributed by atoms with Gasteiger partial charge < -0.3 is 10.2 Å². The molecule has 0 aliphatic carbocycles. The lowest BCUT2D eigenvalue weighted by Gasteiger charge is -2.31. The Morgan fingerprint density at radius 3 is 2.86 bits per heavy atom. The number of nitrogens with one attached hydrogen (secondary N) is 1. The van der Waals surface area contributed by atoms with E-state index >= 15 is 0 Å². The Kier molecular flexibility index (Phi) is 6.58. The van der Waals surface area contributed by atoms with Crippen LogP contribution in [-0.4, -0.2) is 36.5 Å². The third kappa shape index (κ3) is 5.21. The predicted molar refractivity (Wildman–Crippen MR) is 91.0 cm³/mol. The monoisotopic (exact) mass is 368 g/mol. The first-order valence-corrected chi connectivity index (χ1v) is 8.53. The van der Waals surface area contributed by atoms with Gasteiger partial charge in [-0.2, -0.15) is 0 Å². The van der Waals surface area contributed by atoms with Crippen molar-refractivity contribution in [1.29, 1.82) is 0 Å². The fourth-order valence-electron chi connectivity index (χ4n) is 2.67. The van der Waals surface area contributed by atoms with Gasteiger partial charge in [0.05, 0.1) is 0 Å². The summed E-state index contributed by atoms with van der Waals surface area (Å²) < 4.78 is 14.4. The highest BCUT2D eigenvalue weighted by Crippen LogP contribution is 2.17. The lowest BCUT2D eigenvalue weighted by Crippen LogP contribution is -2.44. The number of carbonyl (C=O) groups excluding carboxylic acids is 1. The number of halogens is 2. The van der Waals surface area contributed by atoms with E-state index in [0.29, 0.717) is 5.56 Å². The van der Waals surface area contributed by atoms with Crippen LogP contribution in [0.2, 0.25) is 0 Å². The summed E-state index contributed by atoms with van der Waals surface area (Å²) in [7, 11) is 0. The van der Waals surface area contributed by atoms with Gasteiger partial charge in [0.2, 0.25) is 5.91 Å². The van der Waals surface area contributed by atoms with Crippen LogP contribution in [0.5, 0.6) is 0 Å². The molecule has 1 aromatic carbocycles. The SMILES string of the molecule is CCCN1CCC(NC(=O)/C=C/c2cc(Br)ccc2F)CC1. The van der Waals surface area contributed by atoms with E-state index < -0.39 is 0 Å². The molecule has 120 valence electrons. The van der Waals surface area contributed by atoms with E-state index in [4.69, 9.17) is 0 Å². The zero-order chi connectivity index (χ0) is 15.9. The zero-order valence-electron chi connectivity index (χ0n) is 12.8. The van der Waals surface area contributed by atoms with Gasteiger partial charge in [0.1, 0.15) is 5.82 Å². The van der Waals surface area contributed by atoms with E-state index in [1.807, 2.05) is 0 Å². The molecule has 0 saturated carbocycles. The second-order valence-corrected chi connectivity index (χ2v) is 6.54. The number of carbonyl (C=O) groups is 1. The highest BCUT2D eigenvalue weighted by atomic mass is 79.9. The van der Waals surface area contributed by atoms with Gasteiger partial charge in [-0.25, -0.2) is 4.39 Å². The minimum atomic E-state index is -0.333. The van der Waals surface area contributed by atoms with Crippen LogP contribution in [0.4, 0.5) is 4.39 Å². The molecule has 0 aromatic heterocycles. The van der Waals surface area contributed by atoms with Gasteiger partial charge in [-0.05, 0) is 50.1 Å². The Hall–Kier alpha value is -1.20. The number of nitrogens with zero attached hydrogens (tertiary/aromatic N) is 1.